The van der Waals surface area contributed by atoms with Crippen LogP contribution in [0.3, 0.4) is 0 Å². The normalized spacial score (nSPS) is 11.4. The van der Waals surface area contributed by atoms with Gasteiger partial charge < -0.3 is 0 Å². The van der Waals surface area contributed by atoms with E-state index in [2.05, 4.69) is 0 Å². The topological polar surface area (TPSA) is 17.1 Å². The largest absolute Gasteiger partial charge is 0.295 e. The van der Waals surface area contributed by atoms with Crippen LogP contribution in [0.2, 0.25) is 0 Å². The SMILES string of the molecule is CC(=O)/C=C(/c1ccccc1)c1cc(F)cc(F)c1. The third-order valence-corrected chi connectivity index (χ3v) is 2.61. The van der Waals surface area contributed by atoms with Gasteiger partial charge in [-0.1, -0.05) is 30.3 Å². The van der Waals surface area contributed by atoms with Crippen molar-refractivity contribution in [3.05, 3.63) is 77.4 Å². The number of ketones is 1. The predicted octanol–water partition coefficient (Wildman–Crippen LogP) is 3.99. The van der Waals surface area contributed by atoms with Crippen molar-refractivity contribution in [3.8, 4) is 0 Å². The smallest absolute Gasteiger partial charge is 0.153 e. The number of hydrogen-bond donors (Lipinski definition) is 0. The van der Waals surface area contributed by atoms with Gasteiger partial charge in [0.1, 0.15) is 11.6 Å². The summed E-state index contributed by atoms with van der Waals surface area (Å²) in [4.78, 5) is 11.3. The number of carbonyl (C=O) groups is 1. The van der Waals surface area contributed by atoms with E-state index in [1.54, 1.807) is 24.3 Å². The molecule has 3 heteroatoms. The molecule has 0 radical (unpaired) electrons. The van der Waals surface area contributed by atoms with E-state index in [4.69, 9.17) is 0 Å². The average Bonchev–Trinajstić information content (AvgIpc) is 2.35. The molecule has 96 valence electrons. The van der Waals surface area contributed by atoms with E-state index in [0.717, 1.165) is 11.6 Å². The first-order chi connectivity index (χ1) is 9.06. The molecule has 0 aromatic heterocycles. The Hall–Kier alpha value is -2.29. The summed E-state index contributed by atoms with van der Waals surface area (Å²) in [6.07, 6.45) is 1.38. The molecule has 0 fully saturated rings. The number of carbonyl (C=O) groups excluding carboxylic acids is 1. The first-order valence-corrected chi connectivity index (χ1v) is 5.80. The van der Waals surface area contributed by atoms with Crippen LogP contribution in [0.15, 0.2) is 54.6 Å². The Morgan fingerprint density at radius 2 is 1.53 bits per heavy atom. The lowest BCUT2D eigenvalue weighted by molar-refractivity contribution is -0.112. The van der Waals surface area contributed by atoms with Crippen molar-refractivity contribution in [1.29, 1.82) is 0 Å². The summed E-state index contributed by atoms with van der Waals surface area (Å²) in [5, 5.41) is 0. The molecule has 2 rings (SSSR count). The number of allylic oxidation sites excluding steroid dienone is 1. The van der Waals surface area contributed by atoms with Crippen LogP contribution in [-0.2, 0) is 4.79 Å². The van der Waals surface area contributed by atoms with Crippen molar-refractivity contribution in [2.24, 2.45) is 0 Å². The average molecular weight is 258 g/mol. The van der Waals surface area contributed by atoms with Gasteiger partial charge in [-0.3, -0.25) is 4.79 Å². The first-order valence-electron chi connectivity index (χ1n) is 5.80. The Bertz CT molecular complexity index is 610. The molecule has 0 N–H and O–H groups in total. The highest BCUT2D eigenvalue weighted by Crippen LogP contribution is 2.24. The van der Waals surface area contributed by atoms with Gasteiger partial charge in [0.25, 0.3) is 0 Å². The van der Waals surface area contributed by atoms with Crippen LogP contribution in [-0.4, -0.2) is 5.78 Å². The van der Waals surface area contributed by atoms with E-state index in [1.165, 1.54) is 25.1 Å². The van der Waals surface area contributed by atoms with Crippen molar-refractivity contribution >= 4 is 11.4 Å². The molecule has 0 spiro atoms. The van der Waals surface area contributed by atoms with Crippen molar-refractivity contribution in [2.45, 2.75) is 6.92 Å². The molecular formula is C16H12F2O. The van der Waals surface area contributed by atoms with E-state index in [-0.39, 0.29) is 5.78 Å². The first kappa shape index (κ1) is 13.1. The van der Waals surface area contributed by atoms with Gasteiger partial charge in [0, 0.05) is 6.07 Å². The molecule has 0 aliphatic heterocycles. The zero-order valence-corrected chi connectivity index (χ0v) is 10.4. The summed E-state index contributed by atoms with van der Waals surface area (Å²) in [6.45, 7) is 1.40. The molecule has 0 saturated carbocycles. The van der Waals surface area contributed by atoms with Gasteiger partial charge in [-0.05, 0) is 41.8 Å². The quantitative estimate of drug-likeness (QED) is 0.761. The van der Waals surface area contributed by atoms with Gasteiger partial charge in [0.2, 0.25) is 0 Å². The minimum Gasteiger partial charge on any atom is -0.295 e. The van der Waals surface area contributed by atoms with Gasteiger partial charge in [-0.15, -0.1) is 0 Å². The molecule has 2 aromatic carbocycles. The Kier molecular flexibility index (Phi) is 3.85. The fourth-order valence-corrected chi connectivity index (χ4v) is 1.86. The molecule has 0 bridgehead atoms. The lowest BCUT2D eigenvalue weighted by atomic mass is 9.96. The van der Waals surface area contributed by atoms with E-state index in [9.17, 15) is 13.6 Å². The zero-order chi connectivity index (χ0) is 13.8. The summed E-state index contributed by atoms with van der Waals surface area (Å²) in [5.41, 5.74) is 1.59. The van der Waals surface area contributed by atoms with Gasteiger partial charge in [-0.25, -0.2) is 8.78 Å². The molecule has 2 aromatic rings. The lowest BCUT2D eigenvalue weighted by Crippen LogP contribution is -1.94. The summed E-state index contributed by atoms with van der Waals surface area (Å²) in [5.74, 6) is -1.51. The minimum absolute atomic E-state index is 0.177. The molecule has 0 heterocycles. The molecular weight excluding hydrogens is 246 g/mol. The highest BCUT2D eigenvalue weighted by atomic mass is 19.1. The van der Waals surface area contributed by atoms with Crippen molar-refractivity contribution in [3.63, 3.8) is 0 Å². The lowest BCUT2D eigenvalue weighted by Gasteiger charge is -2.08. The number of hydrogen-bond acceptors (Lipinski definition) is 1. The monoisotopic (exact) mass is 258 g/mol. The van der Waals surface area contributed by atoms with Crippen LogP contribution in [0.1, 0.15) is 18.1 Å². The predicted molar refractivity (Wildman–Crippen MR) is 70.6 cm³/mol. The Labute approximate surface area is 110 Å². The van der Waals surface area contributed by atoms with Gasteiger partial charge in [0.05, 0.1) is 0 Å². The molecule has 0 atom stereocenters. The summed E-state index contributed by atoms with van der Waals surface area (Å²) in [6, 6.07) is 12.3. The van der Waals surface area contributed by atoms with Crippen LogP contribution >= 0.6 is 0 Å². The highest BCUT2D eigenvalue weighted by molar-refractivity contribution is 5.99. The fraction of sp³-hybridized carbons (Fsp3) is 0.0625. The molecule has 0 amide bonds. The van der Waals surface area contributed by atoms with Gasteiger partial charge in [-0.2, -0.15) is 0 Å². The Morgan fingerprint density at radius 1 is 0.947 bits per heavy atom. The number of benzene rings is 2. The van der Waals surface area contributed by atoms with Crippen LogP contribution in [0.25, 0.3) is 5.57 Å². The number of halogens is 2. The van der Waals surface area contributed by atoms with Crippen molar-refractivity contribution < 1.29 is 13.6 Å². The van der Waals surface area contributed by atoms with Crippen molar-refractivity contribution in [1.82, 2.24) is 0 Å². The Balaban J connectivity index is 2.59. The standard InChI is InChI=1S/C16H12F2O/c1-11(19)7-16(12-5-3-2-4-6-12)13-8-14(17)10-15(18)9-13/h2-10H,1H3/b16-7-. The molecule has 1 nitrogen and oxygen atoms in total. The Morgan fingerprint density at radius 3 is 2.05 bits per heavy atom. The van der Waals surface area contributed by atoms with E-state index < -0.39 is 11.6 Å². The molecule has 0 aliphatic rings. The maximum absolute atomic E-state index is 13.3. The van der Waals surface area contributed by atoms with Crippen LogP contribution in [0.4, 0.5) is 8.78 Å². The second-order valence-electron chi connectivity index (χ2n) is 4.19. The molecule has 19 heavy (non-hydrogen) atoms. The second kappa shape index (κ2) is 5.57. The van der Waals surface area contributed by atoms with E-state index >= 15 is 0 Å². The summed E-state index contributed by atoms with van der Waals surface area (Å²) >= 11 is 0. The molecule has 0 aliphatic carbocycles. The zero-order valence-electron chi connectivity index (χ0n) is 10.4. The number of rotatable bonds is 3. The van der Waals surface area contributed by atoms with Crippen molar-refractivity contribution in [2.75, 3.05) is 0 Å². The van der Waals surface area contributed by atoms with Crippen LogP contribution in [0.5, 0.6) is 0 Å². The molecule has 0 unspecified atom stereocenters. The van der Waals surface area contributed by atoms with E-state index in [0.29, 0.717) is 11.1 Å². The summed E-state index contributed by atoms with van der Waals surface area (Å²) < 4.78 is 26.6. The van der Waals surface area contributed by atoms with Crippen LogP contribution < -0.4 is 0 Å². The van der Waals surface area contributed by atoms with E-state index in [1.807, 2.05) is 6.07 Å². The maximum Gasteiger partial charge on any atom is 0.153 e. The third kappa shape index (κ3) is 3.35. The maximum atomic E-state index is 13.3. The van der Waals surface area contributed by atoms with Crippen LogP contribution in [0, 0.1) is 11.6 Å². The second-order valence-corrected chi connectivity index (χ2v) is 4.19. The fourth-order valence-electron chi connectivity index (χ4n) is 1.86. The van der Waals surface area contributed by atoms with Gasteiger partial charge >= 0.3 is 0 Å². The molecule has 0 saturated heterocycles. The minimum atomic E-state index is -0.666. The van der Waals surface area contributed by atoms with Gasteiger partial charge in [0.15, 0.2) is 5.78 Å². The summed E-state index contributed by atoms with van der Waals surface area (Å²) in [7, 11) is 0. The highest BCUT2D eigenvalue weighted by Gasteiger charge is 2.09. The third-order valence-electron chi connectivity index (χ3n) is 2.61.